The number of fused-ring (bicyclic) bond motifs is 1. The van der Waals surface area contributed by atoms with Gasteiger partial charge in [-0.15, -0.1) is 0 Å². The van der Waals surface area contributed by atoms with E-state index in [2.05, 4.69) is 5.32 Å². The molecule has 100 valence electrons. The lowest BCUT2D eigenvalue weighted by Gasteiger charge is -2.11. The normalized spacial score (nSPS) is 15.4. The number of carbonyl (C=O) groups excluding carboxylic acids is 3. The van der Waals surface area contributed by atoms with Crippen LogP contribution in [0.15, 0.2) is 18.2 Å². The summed E-state index contributed by atoms with van der Waals surface area (Å²) < 4.78 is 0. The molecule has 1 atom stereocenters. The minimum Gasteiger partial charge on any atom is -0.350 e. The highest BCUT2D eigenvalue weighted by Crippen LogP contribution is 2.22. The van der Waals surface area contributed by atoms with Crippen molar-refractivity contribution in [2.45, 2.75) is 26.3 Å². The van der Waals surface area contributed by atoms with Crippen LogP contribution in [-0.4, -0.2) is 35.7 Å². The number of amides is 3. The first-order chi connectivity index (χ1) is 8.95. The van der Waals surface area contributed by atoms with E-state index in [1.54, 1.807) is 6.07 Å². The van der Waals surface area contributed by atoms with Crippen molar-refractivity contribution in [3.63, 3.8) is 0 Å². The van der Waals surface area contributed by atoms with Gasteiger partial charge in [0.15, 0.2) is 0 Å². The van der Waals surface area contributed by atoms with Crippen molar-refractivity contribution >= 4 is 17.7 Å². The first-order valence-electron chi connectivity index (χ1n) is 6.23. The van der Waals surface area contributed by atoms with Gasteiger partial charge in [-0.05, 0) is 31.5 Å². The highest BCUT2D eigenvalue weighted by atomic mass is 16.2. The van der Waals surface area contributed by atoms with Crippen LogP contribution < -0.4 is 5.32 Å². The molecule has 0 saturated carbocycles. The molecule has 1 aromatic rings. The molecule has 1 N–H and O–H groups in total. The number of hydrogen-bond donors (Lipinski definition) is 1. The van der Waals surface area contributed by atoms with Crippen LogP contribution in [-0.2, 0) is 0 Å². The van der Waals surface area contributed by atoms with Crippen LogP contribution in [0.1, 0.15) is 51.3 Å². The van der Waals surface area contributed by atoms with E-state index in [0.717, 1.165) is 11.3 Å². The minimum atomic E-state index is -0.363. The van der Waals surface area contributed by atoms with Crippen molar-refractivity contribution in [2.24, 2.45) is 0 Å². The van der Waals surface area contributed by atoms with Crippen LogP contribution in [0, 0.1) is 0 Å². The first-order valence-corrected chi connectivity index (χ1v) is 6.23. The van der Waals surface area contributed by atoms with Gasteiger partial charge in [-0.3, -0.25) is 19.3 Å². The molecule has 19 heavy (non-hydrogen) atoms. The Morgan fingerprint density at radius 1 is 1.26 bits per heavy atom. The van der Waals surface area contributed by atoms with Crippen molar-refractivity contribution in [3.8, 4) is 0 Å². The van der Waals surface area contributed by atoms with Crippen LogP contribution >= 0.6 is 0 Å². The van der Waals surface area contributed by atoms with Gasteiger partial charge in [0, 0.05) is 18.7 Å². The number of imide groups is 1. The summed E-state index contributed by atoms with van der Waals surface area (Å²) in [5, 5.41) is 2.83. The number of nitrogens with one attached hydrogen (secondary N) is 1. The molecule has 1 unspecified atom stereocenters. The van der Waals surface area contributed by atoms with Gasteiger partial charge < -0.3 is 5.32 Å². The molecule has 1 aliphatic rings. The zero-order valence-electron chi connectivity index (χ0n) is 11.2. The van der Waals surface area contributed by atoms with E-state index >= 15 is 0 Å². The Bertz CT molecular complexity index is 566. The van der Waals surface area contributed by atoms with Gasteiger partial charge in [-0.25, -0.2) is 0 Å². The summed E-state index contributed by atoms with van der Waals surface area (Å²) in [5.41, 5.74) is 1.05. The summed E-state index contributed by atoms with van der Waals surface area (Å²) in [7, 11) is 1.43. The average Bonchev–Trinajstić information content (AvgIpc) is 2.63. The van der Waals surface area contributed by atoms with Crippen molar-refractivity contribution in [3.05, 3.63) is 34.9 Å². The maximum absolute atomic E-state index is 12.0. The fraction of sp³-hybridized carbons (Fsp3) is 0.357. The van der Waals surface area contributed by atoms with Crippen LogP contribution in [0.5, 0.6) is 0 Å². The van der Waals surface area contributed by atoms with Crippen LogP contribution in [0.25, 0.3) is 0 Å². The molecular formula is C14H16N2O3. The second-order valence-corrected chi connectivity index (χ2v) is 4.71. The molecule has 0 aliphatic carbocycles. The lowest BCUT2D eigenvalue weighted by molar-refractivity contribution is 0.0693. The van der Waals surface area contributed by atoms with E-state index in [9.17, 15) is 14.4 Å². The maximum atomic E-state index is 12.0. The number of hydrogen-bond acceptors (Lipinski definition) is 3. The Hall–Kier alpha value is -2.17. The van der Waals surface area contributed by atoms with Crippen LogP contribution in [0.4, 0.5) is 0 Å². The Morgan fingerprint density at radius 3 is 2.53 bits per heavy atom. The molecule has 1 aliphatic heterocycles. The molecule has 0 bridgehead atoms. The molecule has 0 fully saturated rings. The molecule has 2 rings (SSSR count). The Kier molecular flexibility index (Phi) is 3.38. The van der Waals surface area contributed by atoms with Gasteiger partial charge in [-0.1, -0.05) is 6.92 Å². The van der Waals surface area contributed by atoms with E-state index in [4.69, 9.17) is 0 Å². The number of carbonyl (C=O) groups is 3. The molecule has 3 amide bonds. The fourth-order valence-corrected chi connectivity index (χ4v) is 1.91. The third-order valence-corrected chi connectivity index (χ3v) is 3.34. The van der Waals surface area contributed by atoms with Gasteiger partial charge in [0.2, 0.25) is 0 Å². The highest BCUT2D eigenvalue weighted by Gasteiger charge is 2.33. The predicted molar refractivity (Wildman–Crippen MR) is 70.1 cm³/mol. The molecular weight excluding hydrogens is 244 g/mol. The van der Waals surface area contributed by atoms with E-state index < -0.39 is 0 Å². The third kappa shape index (κ3) is 2.23. The van der Waals surface area contributed by atoms with E-state index in [1.807, 2.05) is 13.8 Å². The van der Waals surface area contributed by atoms with Gasteiger partial charge in [-0.2, -0.15) is 0 Å². The number of nitrogens with zero attached hydrogens (tertiary/aromatic N) is 1. The van der Waals surface area contributed by atoms with Crippen LogP contribution in [0.2, 0.25) is 0 Å². The molecule has 1 aromatic carbocycles. The smallest absolute Gasteiger partial charge is 0.261 e. The molecule has 0 radical (unpaired) electrons. The molecule has 0 aromatic heterocycles. The van der Waals surface area contributed by atoms with Gasteiger partial charge >= 0.3 is 0 Å². The zero-order valence-corrected chi connectivity index (χ0v) is 11.2. The summed E-state index contributed by atoms with van der Waals surface area (Å²) in [6.07, 6.45) is 0.830. The largest absolute Gasteiger partial charge is 0.350 e. The van der Waals surface area contributed by atoms with Crippen molar-refractivity contribution in [1.82, 2.24) is 10.2 Å². The molecule has 5 nitrogen and oxygen atoms in total. The molecule has 1 heterocycles. The van der Waals surface area contributed by atoms with E-state index in [0.29, 0.717) is 16.7 Å². The van der Waals surface area contributed by atoms with Gasteiger partial charge in [0.1, 0.15) is 0 Å². The summed E-state index contributed by atoms with van der Waals surface area (Å²) in [5.74, 6) is -0.918. The average molecular weight is 260 g/mol. The minimum absolute atomic E-state index is 0.0701. The Balaban J connectivity index is 2.31. The highest BCUT2D eigenvalue weighted by molar-refractivity contribution is 6.21. The standard InChI is InChI=1S/C14H16N2O3/c1-4-8(2)15-12(17)9-5-6-10-11(7-9)14(19)16(3)13(10)18/h5-8H,4H2,1-3H3,(H,15,17). The maximum Gasteiger partial charge on any atom is 0.261 e. The molecule has 0 spiro atoms. The second-order valence-electron chi connectivity index (χ2n) is 4.71. The zero-order chi connectivity index (χ0) is 14.2. The van der Waals surface area contributed by atoms with Gasteiger partial charge in [0.05, 0.1) is 11.1 Å². The molecule has 5 heteroatoms. The fourth-order valence-electron chi connectivity index (χ4n) is 1.91. The quantitative estimate of drug-likeness (QED) is 0.836. The lowest BCUT2D eigenvalue weighted by atomic mass is 10.0. The number of benzene rings is 1. The van der Waals surface area contributed by atoms with Crippen molar-refractivity contribution in [1.29, 1.82) is 0 Å². The van der Waals surface area contributed by atoms with E-state index in [1.165, 1.54) is 19.2 Å². The number of rotatable bonds is 3. The van der Waals surface area contributed by atoms with E-state index in [-0.39, 0.29) is 23.8 Å². The molecule has 0 saturated heterocycles. The predicted octanol–water partition coefficient (Wildman–Crippen LogP) is 1.44. The van der Waals surface area contributed by atoms with Crippen LogP contribution in [0.3, 0.4) is 0 Å². The second kappa shape index (κ2) is 4.84. The van der Waals surface area contributed by atoms with Crippen molar-refractivity contribution < 1.29 is 14.4 Å². The first kappa shape index (κ1) is 13.3. The third-order valence-electron chi connectivity index (χ3n) is 3.34. The Morgan fingerprint density at radius 2 is 1.89 bits per heavy atom. The topological polar surface area (TPSA) is 66.5 Å². The Labute approximate surface area is 111 Å². The SMILES string of the molecule is CCC(C)NC(=O)c1ccc2c(c1)C(=O)N(C)C2=O. The van der Waals surface area contributed by atoms with Crippen molar-refractivity contribution in [2.75, 3.05) is 7.05 Å². The lowest BCUT2D eigenvalue weighted by Crippen LogP contribution is -2.32. The summed E-state index contributed by atoms with van der Waals surface area (Å²) >= 11 is 0. The summed E-state index contributed by atoms with van der Waals surface area (Å²) in [6, 6.07) is 4.66. The summed E-state index contributed by atoms with van der Waals surface area (Å²) in [6.45, 7) is 3.89. The summed E-state index contributed by atoms with van der Waals surface area (Å²) in [4.78, 5) is 36.6. The monoisotopic (exact) mass is 260 g/mol. The van der Waals surface area contributed by atoms with Gasteiger partial charge in [0.25, 0.3) is 17.7 Å².